The Kier molecular flexibility index (Phi) is 5.21. The summed E-state index contributed by atoms with van der Waals surface area (Å²) < 4.78 is 11.8. The Hall–Kier alpha value is -0.860. The van der Waals surface area contributed by atoms with Crippen LogP contribution >= 0.6 is 0 Å². The van der Waals surface area contributed by atoms with Crippen LogP contribution in [0.2, 0.25) is 0 Å². The monoisotopic (exact) mass is 248 g/mol. The third-order valence-corrected chi connectivity index (χ3v) is 3.54. The summed E-state index contributed by atoms with van der Waals surface area (Å²) in [6, 6.07) is 10.5. The van der Waals surface area contributed by atoms with E-state index in [9.17, 15) is 0 Å². The first-order valence-electron chi connectivity index (χ1n) is 7.16. The summed E-state index contributed by atoms with van der Waals surface area (Å²) >= 11 is 0. The molecule has 1 aliphatic heterocycles. The maximum Gasteiger partial charge on any atom is 0.172 e. The molecule has 1 heterocycles. The van der Waals surface area contributed by atoms with Gasteiger partial charge in [0.25, 0.3) is 0 Å². The number of rotatable bonds is 7. The van der Waals surface area contributed by atoms with Gasteiger partial charge in [-0.25, -0.2) is 0 Å². The van der Waals surface area contributed by atoms with E-state index in [2.05, 4.69) is 31.2 Å². The lowest BCUT2D eigenvalue weighted by Gasteiger charge is -2.27. The number of benzene rings is 1. The molecule has 100 valence electrons. The third-order valence-electron chi connectivity index (χ3n) is 3.54. The number of ether oxygens (including phenoxy) is 2. The Balaban J connectivity index is 1.90. The lowest BCUT2D eigenvalue weighted by molar-refractivity contribution is -0.161. The molecule has 0 atom stereocenters. The second-order valence-electron chi connectivity index (χ2n) is 5.08. The van der Waals surface area contributed by atoms with E-state index >= 15 is 0 Å². The van der Waals surface area contributed by atoms with Gasteiger partial charge in [-0.05, 0) is 12.0 Å². The highest BCUT2D eigenvalue weighted by atomic mass is 16.7. The maximum absolute atomic E-state index is 5.90. The van der Waals surface area contributed by atoms with Crippen LogP contribution in [0.5, 0.6) is 0 Å². The van der Waals surface area contributed by atoms with E-state index in [-0.39, 0.29) is 5.79 Å². The van der Waals surface area contributed by atoms with E-state index in [1.165, 1.54) is 31.2 Å². The summed E-state index contributed by atoms with van der Waals surface area (Å²) in [6.07, 6.45) is 6.94. The molecule has 0 amide bonds. The van der Waals surface area contributed by atoms with Gasteiger partial charge < -0.3 is 9.47 Å². The highest BCUT2D eigenvalue weighted by molar-refractivity contribution is 5.16. The molecule has 2 rings (SSSR count). The van der Waals surface area contributed by atoms with Crippen LogP contribution in [0.25, 0.3) is 0 Å². The average molecular weight is 248 g/mol. The van der Waals surface area contributed by atoms with Gasteiger partial charge in [0.2, 0.25) is 0 Å². The molecular formula is C16H24O2. The largest absolute Gasteiger partial charge is 0.347 e. The molecule has 1 fully saturated rings. The summed E-state index contributed by atoms with van der Waals surface area (Å²) in [4.78, 5) is 0. The fraction of sp³-hybridized carbons (Fsp3) is 0.625. The smallest absolute Gasteiger partial charge is 0.172 e. The van der Waals surface area contributed by atoms with Crippen LogP contribution in [0.15, 0.2) is 30.3 Å². The first kappa shape index (κ1) is 13.6. The summed E-state index contributed by atoms with van der Waals surface area (Å²) in [5.41, 5.74) is 1.30. The minimum atomic E-state index is -0.352. The molecule has 1 aromatic carbocycles. The molecule has 0 aromatic heterocycles. The molecule has 1 aliphatic rings. The van der Waals surface area contributed by atoms with Gasteiger partial charge in [0.15, 0.2) is 5.79 Å². The van der Waals surface area contributed by atoms with Crippen LogP contribution in [0.4, 0.5) is 0 Å². The highest BCUT2D eigenvalue weighted by Crippen LogP contribution is 2.30. The Labute approximate surface area is 110 Å². The van der Waals surface area contributed by atoms with Gasteiger partial charge in [0.1, 0.15) is 0 Å². The molecular weight excluding hydrogens is 224 g/mol. The molecule has 1 aromatic rings. The summed E-state index contributed by atoms with van der Waals surface area (Å²) in [5.74, 6) is -0.352. The van der Waals surface area contributed by atoms with Crippen molar-refractivity contribution in [1.29, 1.82) is 0 Å². The number of unbranched alkanes of at least 4 members (excludes halogenated alkanes) is 3. The normalized spacial score (nSPS) is 18.1. The molecule has 0 spiro atoms. The van der Waals surface area contributed by atoms with Crippen molar-refractivity contribution in [3.63, 3.8) is 0 Å². The van der Waals surface area contributed by atoms with Crippen molar-refractivity contribution in [3.05, 3.63) is 35.9 Å². The first-order valence-corrected chi connectivity index (χ1v) is 7.16. The zero-order chi connectivity index (χ0) is 12.7. The minimum absolute atomic E-state index is 0.352. The van der Waals surface area contributed by atoms with Crippen molar-refractivity contribution in [2.24, 2.45) is 0 Å². The van der Waals surface area contributed by atoms with Crippen molar-refractivity contribution in [2.75, 3.05) is 13.2 Å². The first-order chi connectivity index (χ1) is 8.85. The molecule has 0 aliphatic carbocycles. The summed E-state index contributed by atoms with van der Waals surface area (Å²) in [5, 5.41) is 0. The van der Waals surface area contributed by atoms with Crippen molar-refractivity contribution >= 4 is 0 Å². The zero-order valence-corrected chi connectivity index (χ0v) is 11.4. The highest BCUT2D eigenvalue weighted by Gasteiger charge is 2.35. The van der Waals surface area contributed by atoms with Crippen LogP contribution in [-0.4, -0.2) is 19.0 Å². The van der Waals surface area contributed by atoms with Gasteiger partial charge in [-0.3, -0.25) is 0 Å². The fourth-order valence-electron chi connectivity index (χ4n) is 2.56. The lowest BCUT2D eigenvalue weighted by atomic mass is 9.99. The van der Waals surface area contributed by atoms with Crippen LogP contribution in [0.3, 0.4) is 0 Å². The second-order valence-corrected chi connectivity index (χ2v) is 5.08. The molecule has 18 heavy (non-hydrogen) atoms. The van der Waals surface area contributed by atoms with Gasteiger partial charge in [-0.1, -0.05) is 56.5 Å². The van der Waals surface area contributed by atoms with Crippen LogP contribution in [0, 0.1) is 0 Å². The molecule has 0 unspecified atom stereocenters. The predicted molar refractivity (Wildman–Crippen MR) is 73.5 cm³/mol. The van der Waals surface area contributed by atoms with Crippen molar-refractivity contribution < 1.29 is 9.47 Å². The van der Waals surface area contributed by atoms with Crippen molar-refractivity contribution in [3.8, 4) is 0 Å². The number of hydrogen-bond donors (Lipinski definition) is 0. The van der Waals surface area contributed by atoms with Crippen LogP contribution in [-0.2, 0) is 15.9 Å². The van der Waals surface area contributed by atoms with Crippen LogP contribution < -0.4 is 0 Å². The molecule has 0 bridgehead atoms. The summed E-state index contributed by atoms with van der Waals surface area (Å²) in [6.45, 7) is 3.71. The van der Waals surface area contributed by atoms with Crippen molar-refractivity contribution in [1.82, 2.24) is 0 Å². The third kappa shape index (κ3) is 3.82. The Morgan fingerprint density at radius 2 is 1.72 bits per heavy atom. The van der Waals surface area contributed by atoms with E-state index < -0.39 is 0 Å². The van der Waals surface area contributed by atoms with Gasteiger partial charge in [-0.15, -0.1) is 0 Å². The Morgan fingerprint density at radius 3 is 2.39 bits per heavy atom. The molecule has 0 radical (unpaired) electrons. The summed E-state index contributed by atoms with van der Waals surface area (Å²) in [7, 11) is 0. The van der Waals surface area contributed by atoms with E-state index in [4.69, 9.17) is 9.47 Å². The molecule has 2 nitrogen and oxygen atoms in total. The lowest BCUT2D eigenvalue weighted by Crippen LogP contribution is -2.32. The molecule has 0 saturated carbocycles. The van der Waals surface area contributed by atoms with E-state index in [1.807, 2.05) is 6.07 Å². The van der Waals surface area contributed by atoms with Crippen molar-refractivity contribution in [2.45, 2.75) is 51.2 Å². The van der Waals surface area contributed by atoms with Gasteiger partial charge in [-0.2, -0.15) is 0 Å². The molecule has 0 N–H and O–H groups in total. The van der Waals surface area contributed by atoms with Gasteiger partial charge in [0, 0.05) is 12.8 Å². The maximum atomic E-state index is 5.90. The Bertz CT molecular complexity index is 328. The van der Waals surface area contributed by atoms with E-state index in [0.29, 0.717) is 0 Å². The average Bonchev–Trinajstić information content (AvgIpc) is 2.85. The van der Waals surface area contributed by atoms with E-state index in [1.54, 1.807) is 0 Å². The molecule has 2 heteroatoms. The zero-order valence-electron chi connectivity index (χ0n) is 11.4. The SMILES string of the molecule is CCCCCCC1(Cc2ccccc2)OCCO1. The fourth-order valence-corrected chi connectivity index (χ4v) is 2.56. The van der Waals surface area contributed by atoms with Gasteiger partial charge in [0.05, 0.1) is 13.2 Å². The van der Waals surface area contributed by atoms with Crippen LogP contribution in [0.1, 0.15) is 44.6 Å². The Morgan fingerprint density at radius 1 is 1.00 bits per heavy atom. The topological polar surface area (TPSA) is 18.5 Å². The quantitative estimate of drug-likeness (QED) is 0.680. The second kappa shape index (κ2) is 6.91. The number of hydrogen-bond acceptors (Lipinski definition) is 2. The molecule has 1 saturated heterocycles. The standard InChI is InChI=1S/C16H24O2/c1-2-3-4-8-11-16(17-12-13-18-16)14-15-9-6-5-7-10-15/h5-7,9-10H,2-4,8,11-14H2,1H3. The van der Waals surface area contributed by atoms with Gasteiger partial charge >= 0.3 is 0 Å². The van der Waals surface area contributed by atoms with E-state index in [0.717, 1.165) is 26.1 Å². The predicted octanol–water partition coefficient (Wildman–Crippen LogP) is 3.94. The minimum Gasteiger partial charge on any atom is -0.347 e.